The maximum atomic E-state index is 12.6. The van der Waals surface area contributed by atoms with Gasteiger partial charge in [0.15, 0.2) is 0 Å². The molecule has 0 aromatic carbocycles. The first-order chi connectivity index (χ1) is 20.1. The number of ether oxygens (including phenoxy) is 1. The van der Waals surface area contributed by atoms with Crippen LogP contribution in [0.2, 0.25) is 0 Å². The van der Waals surface area contributed by atoms with Crippen molar-refractivity contribution in [2.75, 3.05) is 33.6 Å². The van der Waals surface area contributed by atoms with E-state index in [1.54, 1.807) is 0 Å². The molecule has 7 atom stereocenters. The van der Waals surface area contributed by atoms with Gasteiger partial charge in [0.25, 0.3) is 0 Å². The highest BCUT2D eigenvalue weighted by Gasteiger charge is 2.68. The van der Waals surface area contributed by atoms with Crippen molar-refractivity contribution in [2.24, 2.45) is 29.1 Å². The Bertz CT molecular complexity index is 1100. The lowest BCUT2D eigenvalue weighted by Gasteiger charge is -2.61. The van der Waals surface area contributed by atoms with Crippen molar-refractivity contribution >= 4 is 6.29 Å². The highest BCUT2D eigenvalue weighted by molar-refractivity contribution is 5.74. The van der Waals surface area contributed by atoms with Crippen molar-refractivity contribution < 1.29 is 30.0 Å². The highest BCUT2D eigenvalue weighted by Crippen LogP contribution is 2.67. The molecule has 3 aliphatic carbocycles. The van der Waals surface area contributed by atoms with Gasteiger partial charge in [-0.3, -0.25) is 4.79 Å². The summed E-state index contributed by atoms with van der Waals surface area (Å²) in [5.74, 6) is -0.805. The van der Waals surface area contributed by atoms with Gasteiger partial charge in [-0.1, -0.05) is 59.8 Å². The molecule has 1 spiro atoms. The molecule has 3 rings (SSSR count). The summed E-state index contributed by atoms with van der Waals surface area (Å²) in [6.07, 6.45) is 16.6. The number of fused-ring (bicyclic) bond motifs is 3. The van der Waals surface area contributed by atoms with Gasteiger partial charge in [0.05, 0.1) is 18.3 Å². The van der Waals surface area contributed by atoms with Crippen molar-refractivity contribution in [3.05, 3.63) is 70.9 Å². The monoisotopic (exact) mass is 583 g/mol. The number of hydrogen-bond acceptors (Lipinski definition) is 7. The fourth-order valence-electron chi connectivity index (χ4n) is 7.99. The molecular formula is C35H53NO6. The summed E-state index contributed by atoms with van der Waals surface area (Å²) in [5, 5.41) is 47.7. The third-order valence-electron chi connectivity index (χ3n) is 9.89. The Balaban J connectivity index is 2.07. The molecule has 7 nitrogen and oxygen atoms in total. The Hall–Kier alpha value is -2.13. The van der Waals surface area contributed by atoms with E-state index in [1.165, 1.54) is 5.57 Å². The van der Waals surface area contributed by atoms with Crippen molar-refractivity contribution in [3.63, 3.8) is 0 Å². The highest BCUT2D eigenvalue weighted by atomic mass is 16.6. The Morgan fingerprint density at radius 3 is 2.64 bits per heavy atom. The molecule has 0 amide bonds. The average Bonchev–Trinajstić information content (AvgIpc) is 3.30. The summed E-state index contributed by atoms with van der Waals surface area (Å²) in [6.45, 7) is 10.4. The minimum absolute atomic E-state index is 0.0219. The van der Waals surface area contributed by atoms with Crippen LogP contribution in [0.15, 0.2) is 70.9 Å². The smallest absolute Gasteiger partial charge is 0.145 e. The summed E-state index contributed by atoms with van der Waals surface area (Å²) in [6, 6.07) is 0. The first-order valence-electron chi connectivity index (χ1n) is 15.5. The van der Waals surface area contributed by atoms with E-state index in [4.69, 9.17) is 4.74 Å². The summed E-state index contributed by atoms with van der Waals surface area (Å²) >= 11 is 0. The molecule has 0 saturated heterocycles. The Kier molecular flexibility index (Phi) is 12.7. The van der Waals surface area contributed by atoms with Gasteiger partial charge in [-0.05, 0) is 102 Å². The summed E-state index contributed by atoms with van der Waals surface area (Å²) < 4.78 is 5.46. The van der Waals surface area contributed by atoms with E-state index in [0.29, 0.717) is 44.2 Å². The van der Waals surface area contributed by atoms with Crippen LogP contribution in [0.5, 0.6) is 0 Å². The quantitative estimate of drug-likeness (QED) is 0.0631. The van der Waals surface area contributed by atoms with E-state index >= 15 is 0 Å². The second-order valence-corrected chi connectivity index (χ2v) is 12.7. The van der Waals surface area contributed by atoms with Crippen LogP contribution in [0, 0.1) is 29.1 Å². The summed E-state index contributed by atoms with van der Waals surface area (Å²) in [5.41, 5.74) is 2.64. The van der Waals surface area contributed by atoms with E-state index in [1.807, 2.05) is 32.2 Å². The molecule has 2 saturated carbocycles. The van der Waals surface area contributed by atoms with Crippen LogP contribution in [0.3, 0.4) is 0 Å². The van der Waals surface area contributed by atoms with E-state index in [0.717, 1.165) is 35.8 Å². The predicted molar refractivity (Wildman–Crippen MR) is 167 cm³/mol. The van der Waals surface area contributed by atoms with E-state index in [-0.39, 0.29) is 36.9 Å². The molecule has 5 N–H and O–H groups in total. The topological polar surface area (TPSA) is 119 Å². The summed E-state index contributed by atoms with van der Waals surface area (Å²) in [4.78, 5) is 12.1. The fourth-order valence-corrected chi connectivity index (χ4v) is 7.99. The number of rotatable bonds is 15. The molecule has 0 radical (unpaired) electrons. The van der Waals surface area contributed by atoms with Crippen molar-refractivity contribution in [1.82, 2.24) is 5.32 Å². The summed E-state index contributed by atoms with van der Waals surface area (Å²) in [7, 11) is 1.86. The minimum atomic E-state index is -1.19. The zero-order valence-electron chi connectivity index (χ0n) is 26.0. The number of aliphatic hydroxyl groups excluding tert-OH is 3. The van der Waals surface area contributed by atoms with Gasteiger partial charge in [0, 0.05) is 23.9 Å². The first-order valence-corrected chi connectivity index (χ1v) is 15.5. The lowest BCUT2D eigenvalue weighted by molar-refractivity contribution is -0.194. The zero-order chi connectivity index (χ0) is 30.9. The maximum absolute atomic E-state index is 12.6. The average molecular weight is 584 g/mol. The number of hydrogen-bond donors (Lipinski definition) is 5. The van der Waals surface area contributed by atoms with Gasteiger partial charge in [-0.15, -0.1) is 0 Å². The molecule has 0 heterocycles. The standard InChI is InChI=1S/C35H53NO6/c1-24(2)8-6-9-25(3)10-7-11-29(22-42-23-39)30-14-16-35(33(30)40)32-27(15-19-37)12-13-28(31(32)26(4)21-38)20-34(35,41)17-18-36-5/h7-8,10-13,21,27-28,30,32-33,36-37,39-41H,3,6,9,14-20,22-23H2,1-2,4-5H3. The lowest BCUT2D eigenvalue weighted by atomic mass is 9.45. The molecule has 0 aliphatic heterocycles. The van der Waals surface area contributed by atoms with Gasteiger partial charge in [-0.25, -0.2) is 0 Å². The SMILES string of the molecule is C=C(C=CC=C(COCO)C1CCC2(C1O)C1C(=C(C)C=O)C(C=CC1CCO)CC2(O)CCNC)CCC=C(C)C. The molecular weight excluding hydrogens is 530 g/mol. The normalized spacial score (nSPS) is 33.8. The largest absolute Gasteiger partial charge is 0.396 e. The van der Waals surface area contributed by atoms with Crippen molar-refractivity contribution in [1.29, 1.82) is 0 Å². The van der Waals surface area contributed by atoms with Gasteiger partial charge in [0.2, 0.25) is 0 Å². The number of carbonyl (C=O) groups is 1. The van der Waals surface area contributed by atoms with Crippen molar-refractivity contribution in [3.8, 4) is 0 Å². The zero-order valence-corrected chi connectivity index (χ0v) is 26.0. The third-order valence-corrected chi connectivity index (χ3v) is 9.89. The number of allylic oxidation sites excluding steroid dienone is 10. The molecule has 2 bridgehead atoms. The second-order valence-electron chi connectivity index (χ2n) is 12.7. The molecule has 42 heavy (non-hydrogen) atoms. The van der Waals surface area contributed by atoms with Gasteiger partial charge < -0.3 is 30.5 Å². The molecule has 7 unspecified atom stereocenters. The number of carbonyl (C=O) groups excluding carboxylic acids is 1. The maximum Gasteiger partial charge on any atom is 0.145 e. The predicted octanol–water partition coefficient (Wildman–Crippen LogP) is 4.56. The van der Waals surface area contributed by atoms with E-state index in [2.05, 4.69) is 44.0 Å². The van der Waals surface area contributed by atoms with Crippen LogP contribution in [-0.2, 0) is 9.53 Å². The number of aliphatic hydroxyl groups is 4. The molecule has 0 aromatic rings. The molecule has 0 aromatic heterocycles. The van der Waals surface area contributed by atoms with Crippen LogP contribution in [0.25, 0.3) is 0 Å². The minimum Gasteiger partial charge on any atom is -0.396 e. The van der Waals surface area contributed by atoms with E-state index < -0.39 is 23.9 Å². The van der Waals surface area contributed by atoms with Gasteiger partial charge in [0.1, 0.15) is 13.1 Å². The van der Waals surface area contributed by atoms with Gasteiger partial charge >= 0.3 is 0 Å². The van der Waals surface area contributed by atoms with E-state index in [9.17, 15) is 25.2 Å². The van der Waals surface area contributed by atoms with Crippen LogP contribution in [0.4, 0.5) is 0 Å². The number of nitrogens with one attached hydrogen (secondary N) is 1. The molecule has 2 fully saturated rings. The Labute approximate surface area is 252 Å². The molecule has 234 valence electrons. The third kappa shape index (κ3) is 7.15. The van der Waals surface area contributed by atoms with Crippen LogP contribution >= 0.6 is 0 Å². The fraction of sp³-hybridized carbons (Fsp3) is 0.629. The first kappa shape index (κ1) is 34.4. The van der Waals surface area contributed by atoms with Crippen LogP contribution in [-0.4, -0.2) is 72.0 Å². The van der Waals surface area contributed by atoms with Gasteiger partial charge in [-0.2, -0.15) is 0 Å². The molecule has 3 aliphatic rings. The Morgan fingerprint density at radius 1 is 1.24 bits per heavy atom. The molecule has 7 heteroatoms. The lowest BCUT2D eigenvalue weighted by Crippen LogP contribution is -2.65. The second kappa shape index (κ2) is 15.6. The van der Waals surface area contributed by atoms with Crippen molar-refractivity contribution in [2.45, 2.75) is 77.4 Å². The number of aldehydes is 1. The van der Waals surface area contributed by atoms with Crippen LogP contribution < -0.4 is 5.32 Å². The van der Waals surface area contributed by atoms with Crippen LogP contribution in [0.1, 0.15) is 65.7 Å². The Morgan fingerprint density at radius 2 is 2.00 bits per heavy atom.